The molecule has 0 radical (unpaired) electrons. The van der Waals surface area contributed by atoms with E-state index in [1.54, 1.807) is 25.4 Å². The van der Waals surface area contributed by atoms with Crippen LogP contribution in [0.3, 0.4) is 0 Å². The summed E-state index contributed by atoms with van der Waals surface area (Å²) in [4.78, 5) is 4.10. The van der Waals surface area contributed by atoms with Gasteiger partial charge in [0.1, 0.15) is 11.6 Å². The zero-order valence-electron chi connectivity index (χ0n) is 12.5. The molecule has 0 bridgehead atoms. The molecule has 6 nitrogen and oxygen atoms in total. The van der Waals surface area contributed by atoms with Gasteiger partial charge in [-0.2, -0.15) is 0 Å². The van der Waals surface area contributed by atoms with Gasteiger partial charge in [0.2, 0.25) is 10.0 Å². The molecule has 118 valence electrons. The van der Waals surface area contributed by atoms with E-state index in [2.05, 4.69) is 15.0 Å². The van der Waals surface area contributed by atoms with E-state index in [4.69, 9.17) is 4.74 Å². The molecule has 0 fully saturated rings. The predicted octanol–water partition coefficient (Wildman–Crippen LogP) is 2.99. The number of nitrogens with zero attached hydrogens (tertiary/aromatic N) is 1. The minimum Gasteiger partial charge on any atom is -0.497 e. The first-order chi connectivity index (χ1) is 10.5. The number of hydrogen-bond donors (Lipinski definition) is 2. The molecular formula is C15H19N3O3S. The van der Waals surface area contributed by atoms with Crippen molar-refractivity contribution < 1.29 is 13.2 Å². The first-order valence-corrected chi connectivity index (χ1v) is 8.55. The summed E-state index contributed by atoms with van der Waals surface area (Å²) < 4.78 is 30.9. The van der Waals surface area contributed by atoms with Gasteiger partial charge in [-0.3, -0.25) is 4.72 Å². The normalized spacial score (nSPS) is 11.0. The summed E-state index contributed by atoms with van der Waals surface area (Å²) >= 11 is 0. The second-order valence-electron chi connectivity index (χ2n) is 4.71. The Morgan fingerprint density at radius 1 is 1.18 bits per heavy atom. The minimum atomic E-state index is -3.31. The summed E-state index contributed by atoms with van der Waals surface area (Å²) in [7, 11) is -1.71. The number of rotatable bonds is 7. The van der Waals surface area contributed by atoms with Crippen LogP contribution in [0.15, 0.2) is 42.6 Å². The lowest BCUT2D eigenvalue weighted by Crippen LogP contribution is -2.16. The summed E-state index contributed by atoms with van der Waals surface area (Å²) in [6, 6.07) is 10.9. The monoisotopic (exact) mass is 321 g/mol. The lowest BCUT2D eigenvalue weighted by molar-refractivity contribution is 0.415. The quantitative estimate of drug-likeness (QED) is 0.819. The fourth-order valence-electron chi connectivity index (χ4n) is 1.87. The number of anilines is 3. The van der Waals surface area contributed by atoms with Crippen LogP contribution in [0, 0.1) is 0 Å². The van der Waals surface area contributed by atoms with Crippen molar-refractivity contribution in [2.24, 2.45) is 0 Å². The van der Waals surface area contributed by atoms with Gasteiger partial charge in [-0.05, 0) is 30.7 Å². The number of nitrogens with one attached hydrogen (secondary N) is 2. The first-order valence-electron chi connectivity index (χ1n) is 6.90. The maximum atomic E-state index is 11.7. The Morgan fingerprint density at radius 3 is 2.64 bits per heavy atom. The summed E-state index contributed by atoms with van der Waals surface area (Å²) in [6.45, 7) is 1.81. The molecule has 0 aliphatic rings. The van der Waals surface area contributed by atoms with Gasteiger partial charge in [-0.25, -0.2) is 13.4 Å². The van der Waals surface area contributed by atoms with Gasteiger partial charge in [0, 0.05) is 11.8 Å². The van der Waals surface area contributed by atoms with Crippen LogP contribution in [-0.2, 0) is 10.0 Å². The fraction of sp³-hybridized carbons (Fsp3) is 0.267. The summed E-state index contributed by atoms with van der Waals surface area (Å²) in [5.41, 5.74) is 1.62. The molecule has 1 aromatic carbocycles. The number of ether oxygens (including phenoxy) is 1. The number of sulfonamides is 1. The topological polar surface area (TPSA) is 80.3 Å². The van der Waals surface area contributed by atoms with E-state index in [1.807, 2.05) is 31.2 Å². The van der Waals surface area contributed by atoms with Crippen molar-refractivity contribution in [3.63, 3.8) is 0 Å². The summed E-state index contributed by atoms with van der Waals surface area (Å²) in [5.74, 6) is 1.14. The van der Waals surface area contributed by atoms with Crippen LogP contribution >= 0.6 is 0 Å². The van der Waals surface area contributed by atoms with Crippen molar-refractivity contribution in [2.75, 3.05) is 22.9 Å². The largest absolute Gasteiger partial charge is 0.497 e. The van der Waals surface area contributed by atoms with E-state index in [0.717, 1.165) is 17.1 Å². The van der Waals surface area contributed by atoms with Gasteiger partial charge in [-0.1, -0.05) is 13.0 Å². The molecule has 2 N–H and O–H groups in total. The minimum absolute atomic E-state index is 0.0818. The van der Waals surface area contributed by atoms with Gasteiger partial charge in [0.05, 0.1) is 24.7 Å². The number of hydrogen-bond acceptors (Lipinski definition) is 5. The Balaban J connectivity index is 2.05. The molecule has 0 unspecified atom stereocenters. The average Bonchev–Trinajstić information content (AvgIpc) is 2.49. The van der Waals surface area contributed by atoms with E-state index >= 15 is 0 Å². The van der Waals surface area contributed by atoms with Gasteiger partial charge in [0.15, 0.2) is 0 Å². The van der Waals surface area contributed by atoms with E-state index < -0.39 is 10.0 Å². The van der Waals surface area contributed by atoms with Crippen molar-refractivity contribution in [3.8, 4) is 5.75 Å². The fourth-order valence-corrected chi connectivity index (χ4v) is 2.95. The van der Waals surface area contributed by atoms with Gasteiger partial charge < -0.3 is 10.1 Å². The van der Waals surface area contributed by atoms with Gasteiger partial charge in [-0.15, -0.1) is 0 Å². The third kappa shape index (κ3) is 4.63. The van der Waals surface area contributed by atoms with Crippen molar-refractivity contribution in [1.82, 2.24) is 4.98 Å². The Morgan fingerprint density at radius 2 is 2.00 bits per heavy atom. The molecule has 0 aliphatic heterocycles. The molecular weight excluding hydrogens is 302 g/mol. The van der Waals surface area contributed by atoms with Crippen molar-refractivity contribution in [3.05, 3.63) is 42.6 Å². The van der Waals surface area contributed by atoms with Crippen LogP contribution in [0.1, 0.15) is 13.3 Å². The maximum absolute atomic E-state index is 11.7. The summed E-state index contributed by atoms with van der Waals surface area (Å²) in [5, 5.41) is 3.17. The molecule has 0 atom stereocenters. The van der Waals surface area contributed by atoms with E-state index in [9.17, 15) is 8.42 Å². The van der Waals surface area contributed by atoms with Crippen LogP contribution in [0.4, 0.5) is 17.2 Å². The number of benzene rings is 1. The number of aromatic nitrogens is 1. The Labute approximate surface area is 130 Å². The highest BCUT2D eigenvalue weighted by molar-refractivity contribution is 7.92. The second kappa shape index (κ2) is 7.13. The van der Waals surface area contributed by atoms with Crippen LogP contribution in [0.5, 0.6) is 5.75 Å². The lowest BCUT2D eigenvalue weighted by Gasteiger charge is -2.09. The molecule has 0 spiro atoms. The Bertz CT molecular complexity index is 715. The highest BCUT2D eigenvalue weighted by Gasteiger charge is 2.09. The maximum Gasteiger partial charge on any atom is 0.233 e. The van der Waals surface area contributed by atoms with Gasteiger partial charge >= 0.3 is 0 Å². The number of pyridine rings is 1. The van der Waals surface area contributed by atoms with Crippen molar-refractivity contribution in [1.29, 1.82) is 0 Å². The molecule has 0 amide bonds. The Hall–Kier alpha value is -2.28. The SMILES string of the molecule is CCCS(=O)(=O)Nc1ccc(Nc2cccc(OC)c2)cn1. The highest BCUT2D eigenvalue weighted by Crippen LogP contribution is 2.21. The lowest BCUT2D eigenvalue weighted by atomic mass is 10.3. The second-order valence-corrected chi connectivity index (χ2v) is 6.55. The molecule has 22 heavy (non-hydrogen) atoms. The zero-order valence-corrected chi connectivity index (χ0v) is 13.4. The highest BCUT2D eigenvalue weighted by atomic mass is 32.2. The predicted molar refractivity (Wildman–Crippen MR) is 88.2 cm³/mol. The van der Waals surface area contributed by atoms with Crippen LogP contribution in [0.2, 0.25) is 0 Å². The molecule has 7 heteroatoms. The molecule has 1 heterocycles. The van der Waals surface area contributed by atoms with E-state index in [1.165, 1.54) is 0 Å². The van der Waals surface area contributed by atoms with Crippen LogP contribution < -0.4 is 14.8 Å². The summed E-state index contributed by atoms with van der Waals surface area (Å²) in [6.07, 6.45) is 2.13. The zero-order chi connectivity index (χ0) is 16.0. The third-order valence-corrected chi connectivity index (χ3v) is 4.32. The molecule has 2 rings (SSSR count). The molecule has 0 saturated carbocycles. The third-order valence-electron chi connectivity index (χ3n) is 2.85. The molecule has 2 aromatic rings. The van der Waals surface area contributed by atoms with E-state index in [-0.39, 0.29) is 5.75 Å². The molecule has 1 aromatic heterocycles. The van der Waals surface area contributed by atoms with Crippen LogP contribution in [0.25, 0.3) is 0 Å². The average molecular weight is 321 g/mol. The number of methoxy groups -OCH3 is 1. The van der Waals surface area contributed by atoms with Crippen molar-refractivity contribution >= 4 is 27.2 Å². The van der Waals surface area contributed by atoms with Crippen molar-refractivity contribution in [2.45, 2.75) is 13.3 Å². The molecule has 0 aliphatic carbocycles. The standard InChI is InChI=1S/C15H19N3O3S/c1-3-9-22(19,20)18-15-8-7-13(11-16-15)17-12-5-4-6-14(10-12)21-2/h4-8,10-11,17H,3,9H2,1-2H3,(H,16,18). The van der Waals surface area contributed by atoms with Gasteiger partial charge in [0.25, 0.3) is 0 Å². The van der Waals surface area contributed by atoms with Crippen LogP contribution in [-0.4, -0.2) is 26.3 Å². The Kier molecular flexibility index (Phi) is 5.21. The smallest absolute Gasteiger partial charge is 0.233 e. The van der Waals surface area contributed by atoms with E-state index in [0.29, 0.717) is 12.2 Å². The first kappa shape index (κ1) is 16.1. The molecule has 0 saturated heterocycles.